The van der Waals surface area contributed by atoms with Crippen LogP contribution >= 0.6 is 0 Å². The quantitative estimate of drug-likeness (QED) is 0.614. The van der Waals surface area contributed by atoms with Gasteiger partial charge in [-0.1, -0.05) is 30.3 Å². The van der Waals surface area contributed by atoms with Crippen LogP contribution in [0.15, 0.2) is 59.3 Å². The van der Waals surface area contributed by atoms with Crippen molar-refractivity contribution in [1.82, 2.24) is 9.88 Å². The molecule has 2 heterocycles. The number of aromatic nitrogens is 1. The molecule has 1 N–H and O–H groups in total. The van der Waals surface area contributed by atoms with E-state index in [2.05, 4.69) is 10.3 Å². The highest BCUT2D eigenvalue weighted by Gasteiger charge is 2.26. The van der Waals surface area contributed by atoms with E-state index in [4.69, 9.17) is 13.9 Å². The van der Waals surface area contributed by atoms with E-state index in [0.717, 1.165) is 6.39 Å². The number of methoxy groups -OCH3 is 1. The average Bonchev–Trinajstić information content (AvgIpc) is 3.34. The summed E-state index contributed by atoms with van der Waals surface area (Å²) >= 11 is 0. The number of amides is 2. The molecule has 1 aliphatic heterocycles. The Hall–Kier alpha value is -3.98. The molecule has 32 heavy (non-hydrogen) atoms. The largest absolute Gasteiger partial charge is 0.465 e. The molecule has 9 nitrogen and oxygen atoms in total. The second-order valence-electron chi connectivity index (χ2n) is 6.97. The summed E-state index contributed by atoms with van der Waals surface area (Å²) in [6.07, 6.45) is 1.15. The molecule has 1 aromatic heterocycles. The molecular formula is C23H21N3O6. The lowest BCUT2D eigenvalue weighted by Crippen LogP contribution is -2.40. The number of carbonyl (C=O) groups excluding carboxylic acids is 3. The minimum atomic E-state index is -0.585. The maximum atomic E-state index is 13.1. The maximum Gasteiger partial charge on any atom is 0.339 e. The molecule has 1 fully saturated rings. The normalized spacial score (nSPS) is 13.5. The van der Waals surface area contributed by atoms with E-state index in [-0.39, 0.29) is 28.6 Å². The van der Waals surface area contributed by atoms with Gasteiger partial charge in [0.2, 0.25) is 0 Å². The fourth-order valence-corrected chi connectivity index (χ4v) is 3.46. The number of hydrogen-bond acceptors (Lipinski definition) is 7. The van der Waals surface area contributed by atoms with Crippen LogP contribution in [-0.4, -0.2) is 61.1 Å². The van der Waals surface area contributed by atoms with Gasteiger partial charge in [-0.25, -0.2) is 9.78 Å². The van der Waals surface area contributed by atoms with Crippen molar-refractivity contribution >= 4 is 23.5 Å². The number of rotatable bonds is 5. The SMILES string of the molecule is COC(=O)c1ccccc1NC(=O)c1ncoc1-c1ccccc1C(=O)N1CCOCC1. The molecule has 0 atom stereocenters. The summed E-state index contributed by atoms with van der Waals surface area (Å²) in [6, 6.07) is 13.4. The number of benzene rings is 2. The van der Waals surface area contributed by atoms with Gasteiger partial charge in [-0.2, -0.15) is 0 Å². The van der Waals surface area contributed by atoms with Gasteiger partial charge in [0.05, 0.1) is 37.1 Å². The highest BCUT2D eigenvalue weighted by molar-refractivity contribution is 6.10. The number of anilines is 1. The number of ether oxygens (including phenoxy) is 2. The minimum absolute atomic E-state index is 0.00750. The van der Waals surface area contributed by atoms with E-state index in [9.17, 15) is 14.4 Å². The smallest absolute Gasteiger partial charge is 0.339 e. The Bertz CT molecular complexity index is 1150. The summed E-state index contributed by atoms with van der Waals surface area (Å²) in [5.74, 6) is -1.18. The first-order valence-corrected chi connectivity index (χ1v) is 9.98. The average molecular weight is 435 g/mol. The number of hydrogen-bond donors (Lipinski definition) is 1. The van der Waals surface area contributed by atoms with E-state index >= 15 is 0 Å². The van der Waals surface area contributed by atoms with E-state index in [1.807, 2.05) is 0 Å². The Morgan fingerprint density at radius 1 is 1.00 bits per heavy atom. The fourth-order valence-electron chi connectivity index (χ4n) is 3.46. The summed E-state index contributed by atoms with van der Waals surface area (Å²) in [6.45, 7) is 1.93. The molecule has 2 amide bonds. The monoisotopic (exact) mass is 435 g/mol. The second kappa shape index (κ2) is 9.44. The molecule has 0 unspecified atom stereocenters. The Kier molecular flexibility index (Phi) is 6.27. The molecular weight excluding hydrogens is 414 g/mol. The van der Waals surface area contributed by atoms with Gasteiger partial charge in [-0.05, 0) is 18.2 Å². The molecule has 164 valence electrons. The van der Waals surface area contributed by atoms with E-state index in [0.29, 0.717) is 37.4 Å². The minimum Gasteiger partial charge on any atom is -0.465 e. The lowest BCUT2D eigenvalue weighted by Gasteiger charge is -2.27. The standard InChI is InChI=1S/C23H21N3O6/c1-30-23(29)17-8-4-5-9-18(17)25-21(27)19-20(32-14-24-19)15-6-2-3-7-16(15)22(28)26-10-12-31-13-11-26/h2-9,14H,10-13H2,1H3,(H,25,27). The predicted octanol–water partition coefficient (Wildman–Crippen LogP) is 2.85. The molecule has 9 heteroatoms. The third kappa shape index (κ3) is 4.23. The summed E-state index contributed by atoms with van der Waals surface area (Å²) < 4.78 is 15.6. The van der Waals surface area contributed by atoms with Crippen LogP contribution in [0.1, 0.15) is 31.2 Å². The van der Waals surface area contributed by atoms with E-state index < -0.39 is 11.9 Å². The fraction of sp³-hybridized carbons (Fsp3) is 0.217. The number of morpholine rings is 1. The third-order valence-electron chi connectivity index (χ3n) is 5.06. The van der Waals surface area contributed by atoms with Crippen molar-refractivity contribution in [3.8, 4) is 11.3 Å². The molecule has 3 aromatic rings. The number of nitrogens with one attached hydrogen (secondary N) is 1. The van der Waals surface area contributed by atoms with Gasteiger partial charge in [-0.15, -0.1) is 0 Å². The molecule has 4 rings (SSSR count). The zero-order valence-electron chi connectivity index (χ0n) is 17.4. The molecule has 2 aromatic carbocycles. The topological polar surface area (TPSA) is 111 Å². The Balaban J connectivity index is 1.65. The van der Waals surface area contributed by atoms with Gasteiger partial charge in [0.25, 0.3) is 11.8 Å². The summed E-state index contributed by atoms with van der Waals surface area (Å²) in [7, 11) is 1.26. The van der Waals surface area contributed by atoms with Crippen LogP contribution in [-0.2, 0) is 9.47 Å². The van der Waals surface area contributed by atoms with Gasteiger partial charge < -0.3 is 24.1 Å². The first kappa shape index (κ1) is 21.3. The van der Waals surface area contributed by atoms with Crippen LogP contribution in [0.2, 0.25) is 0 Å². The van der Waals surface area contributed by atoms with Crippen LogP contribution in [0, 0.1) is 0 Å². The van der Waals surface area contributed by atoms with Crippen molar-refractivity contribution in [2.45, 2.75) is 0 Å². The van der Waals surface area contributed by atoms with Gasteiger partial charge >= 0.3 is 5.97 Å². The van der Waals surface area contributed by atoms with Gasteiger partial charge in [0.1, 0.15) is 0 Å². The Labute approximate surface area is 183 Å². The second-order valence-corrected chi connectivity index (χ2v) is 6.97. The Morgan fingerprint density at radius 3 is 2.44 bits per heavy atom. The van der Waals surface area contributed by atoms with Crippen molar-refractivity contribution in [2.75, 3.05) is 38.7 Å². The molecule has 0 aliphatic carbocycles. The van der Waals surface area contributed by atoms with Crippen molar-refractivity contribution < 1.29 is 28.3 Å². The molecule has 1 aliphatic rings. The van der Waals surface area contributed by atoms with Crippen molar-refractivity contribution in [1.29, 1.82) is 0 Å². The van der Waals surface area contributed by atoms with Crippen molar-refractivity contribution in [3.63, 3.8) is 0 Å². The van der Waals surface area contributed by atoms with Crippen LogP contribution in [0.5, 0.6) is 0 Å². The van der Waals surface area contributed by atoms with Crippen LogP contribution < -0.4 is 5.32 Å². The molecule has 0 bridgehead atoms. The van der Waals surface area contributed by atoms with Gasteiger partial charge in [-0.3, -0.25) is 9.59 Å². The number of oxazole rings is 1. The molecule has 0 spiro atoms. The first-order valence-electron chi connectivity index (χ1n) is 9.98. The zero-order valence-corrected chi connectivity index (χ0v) is 17.4. The number of para-hydroxylation sites is 1. The number of esters is 1. The highest BCUT2D eigenvalue weighted by atomic mass is 16.5. The summed E-state index contributed by atoms with van der Waals surface area (Å²) in [5, 5.41) is 2.68. The zero-order chi connectivity index (χ0) is 22.5. The number of nitrogens with zero attached hydrogens (tertiary/aromatic N) is 2. The lowest BCUT2D eigenvalue weighted by molar-refractivity contribution is 0.0303. The van der Waals surface area contributed by atoms with Crippen LogP contribution in [0.4, 0.5) is 5.69 Å². The van der Waals surface area contributed by atoms with E-state index in [1.165, 1.54) is 7.11 Å². The summed E-state index contributed by atoms with van der Waals surface area (Å²) in [5.41, 5.74) is 1.32. The first-order chi connectivity index (χ1) is 15.6. The van der Waals surface area contributed by atoms with E-state index in [1.54, 1.807) is 53.4 Å². The molecule has 0 saturated carbocycles. The lowest BCUT2D eigenvalue weighted by atomic mass is 10.0. The van der Waals surface area contributed by atoms with Crippen molar-refractivity contribution in [2.24, 2.45) is 0 Å². The Morgan fingerprint density at radius 2 is 1.69 bits per heavy atom. The van der Waals surface area contributed by atoms with Crippen LogP contribution in [0.25, 0.3) is 11.3 Å². The highest BCUT2D eigenvalue weighted by Crippen LogP contribution is 2.29. The molecule has 1 saturated heterocycles. The summed E-state index contributed by atoms with van der Waals surface area (Å²) in [4.78, 5) is 43.9. The number of carbonyl (C=O) groups is 3. The third-order valence-corrected chi connectivity index (χ3v) is 5.06. The van der Waals surface area contributed by atoms with Gasteiger partial charge in [0, 0.05) is 18.7 Å². The maximum absolute atomic E-state index is 13.1. The van der Waals surface area contributed by atoms with Crippen molar-refractivity contribution in [3.05, 3.63) is 71.7 Å². The van der Waals surface area contributed by atoms with Crippen LogP contribution in [0.3, 0.4) is 0 Å². The predicted molar refractivity (Wildman–Crippen MR) is 114 cm³/mol. The van der Waals surface area contributed by atoms with Gasteiger partial charge in [0.15, 0.2) is 17.8 Å². The molecule has 0 radical (unpaired) electrons.